The van der Waals surface area contributed by atoms with Gasteiger partial charge in [0.05, 0.1) is 6.54 Å². The highest BCUT2D eigenvalue weighted by Crippen LogP contribution is 2.22. The van der Waals surface area contributed by atoms with Gasteiger partial charge in [-0.25, -0.2) is 9.18 Å². The maximum Gasteiger partial charge on any atom is 0.410 e. The Morgan fingerprint density at radius 2 is 1.96 bits per heavy atom. The first-order chi connectivity index (χ1) is 12.7. The van der Waals surface area contributed by atoms with Gasteiger partial charge in [0.1, 0.15) is 18.2 Å². The van der Waals surface area contributed by atoms with Crippen molar-refractivity contribution in [3.63, 3.8) is 0 Å². The van der Waals surface area contributed by atoms with E-state index in [4.69, 9.17) is 9.47 Å². The second kappa shape index (κ2) is 9.06. The summed E-state index contributed by atoms with van der Waals surface area (Å²) in [4.78, 5) is 28.3. The first-order valence-electron chi connectivity index (χ1n) is 9.31. The normalized spacial score (nSPS) is 17.4. The van der Waals surface area contributed by atoms with Crippen molar-refractivity contribution >= 4 is 12.0 Å². The first-order valence-corrected chi connectivity index (χ1v) is 9.31. The molecule has 0 saturated carbocycles. The van der Waals surface area contributed by atoms with E-state index in [2.05, 4.69) is 0 Å². The van der Waals surface area contributed by atoms with Gasteiger partial charge in [-0.05, 0) is 52.2 Å². The van der Waals surface area contributed by atoms with Gasteiger partial charge in [-0.2, -0.15) is 0 Å². The number of piperidine rings is 1. The molecule has 1 fully saturated rings. The van der Waals surface area contributed by atoms with Crippen LogP contribution < -0.4 is 4.74 Å². The Morgan fingerprint density at radius 1 is 1.26 bits per heavy atom. The zero-order valence-corrected chi connectivity index (χ0v) is 16.5. The first kappa shape index (κ1) is 21.0. The highest BCUT2D eigenvalue weighted by atomic mass is 19.1. The summed E-state index contributed by atoms with van der Waals surface area (Å²) in [6, 6.07) is 5.61. The molecule has 1 saturated heterocycles. The average molecular weight is 380 g/mol. The van der Waals surface area contributed by atoms with Crippen molar-refractivity contribution < 1.29 is 23.5 Å². The van der Waals surface area contributed by atoms with E-state index in [9.17, 15) is 14.0 Å². The number of carbonyl (C=O) groups excluding carboxylic acids is 2. The maximum absolute atomic E-state index is 13.6. The van der Waals surface area contributed by atoms with Crippen molar-refractivity contribution in [2.75, 3.05) is 26.7 Å². The number of likely N-dealkylation sites (N-methyl/N-ethyl adjacent to an activating group) is 1. The Balaban J connectivity index is 1.92. The van der Waals surface area contributed by atoms with E-state index in [0.717, 1.165) is 12.8 Å². The number of hydrogen-bond donors (Lipinski definition) is 0. The SMILES string of the molecule is CN(CCOc1ccccc1F)C(=O)[C@H]1CCCCN1C(=O)OC(C)(C)C. The van der Waals surface area contributed by atoms with Crippen LogP contribution in [0.4, 0.5) is 9.18 Å². The summed E-state index contributed by atoms with van der Waals surface area (Å²) in [6.07, 6.45) is 1.88. The minimum atomic E-state index is -0.609. The standard InChI is InChI=1S/C20H29FN2O4/c1-20(2,3)27-19(25)23-12-8-7-10-16(23)18(24)22(4)13-14-26-17-11-6-5-9-15(17)21/h5-6,9,11,16H,7-8,10,12-14H2,1-4H3/t16-/m1/s1. The summed E-state index contributed by atoms with van der Waals surface area (Å²) in [7, 11) is 1.66. The molecule has 7 heteroatoms. The molecule has 0 aliphatic carbocycles. The third-order valence-electron chi connectivity index (χ3n) is 4.31. The number of rotatable bonds is 5. The fraction of sp³-hybridized carbons (Fsp3) is 0.600. The fourth-order valence-electron chi connectivity index (χ4n) is 2.95. The van der Waals surface area contributed by atoms with Gasteiger partial charge in [0, 0.05) is 13.6 Å². The molecular weight excluding hydrogens is 351 g/mol. The Hall–Kier alpha value is -2.31. The van der Waals surface area contributed by atoms with Crippen molar-refractivity contribution in [3.05, 3.63) is 30.1 Å². The number of carbonyl (C=O) groups is 2. The average Bonchev–Trinajstić information content (AvgIpc) is 2.61. The van der Waals surface area contributed by atoms with E-state index >= 15 is 0 Å². The lowest BCUT2D eigenvalue weighted by molar-refractivity contribution is -0.137. The molecule has 1 aromatic rings. The number of nitrogens with zero attached hydrogens (tertiary/aromatic N) is 2. The van der Waals surface area contributed by atoms with E-state index in [0.29, 0.717) is 19.5 Å². The number of benzene rings is 1. The monoisotopic (exact) mass is 380 g/mol. The van der Waals surface area contributed by atoms with E-state index in [-0.39, 0.29) is 18.3 Å². The molecule has 1 atom stereocenters. The number of halogens is 1. The van der Waals surface area contributed by atoms with Crippen LogP contribution in [0.3, 0.4) is 0 Å². The summed E-state index contributed by atoms with van der Waals surface area (Å²) in [5, 5.41) is 0. The van der Waals surface area contributed by atoms with E-state index in [1.54, 1.807) is 46.0 Å². The van der Waals surface area contributed by atoms with Crippen LogP contribution in [0.1, 0.15) is 40.0 Å². The van der Waals surface area contributed by atoms with Crippen molar-refractivity contribution in [1.82, 2.24) is 9.80 Å². The van der Waals surface area contributed by atoms with E-state index in [1.165, 1.54) is 15.9 Å². The van der Waals surface area contributed by atoms with Gasteiger partial charge >= 0.3 is 6.09 Å². The van der Waals surface area contributed by atoms with Crippen LogP contribution in [0.25, 0.3) is 0 Å². The summed E-state index contributed by atoms with van der Waals surface area (Å²) in [6.45, 7) is 6.38. The topological polar surface area (TPSA) is 59.1 Å². The maximum atomic E-state index is 13.6. The largest absolute Gasteiger partial charge is 0.489 e. The Kier molecular flexibility index (Phi) is 7.05. The Labute approximate surface area is 160 Å². The Morgan fingerprint density at radius 3 is 2.63 bits per heavy atom. The molecule has 2 amide bonds. The van der Waals surface area contributed by atoms with Crippen LogP contribution in [0, 0.1) is 5.82 Å². The molecule has 150 valence electrons. The smallest absolute Gasteiger partial charge is 0.410 e. The van der Waals surface area contributed by atoms with Crippen LogP contribution >= 0.6 is 0 Å². The van der Waals surface area contributed by atoms with Gasteiger partial charge in [-0.1, -0.05) is 12.1 Å². The van der Waals surface area contributed by atoms with Crippen molar-refractivity contribution in [2.45, 2.75) is 51.7 Å². The molecule has 27 heavy (non-hydrogen) atoms. The third-order valence-corrected chi connectivity index (χ3v) is 4.31. The van der Waals surface area contributed by atoms with Crippen LogP contribution in [0.2, 0.25) is 0 Å². The van der Waals surface area contributed by atoms with Crippen LogP contribution in [0.15, 0.2) is 24.3 Å². The molecule has 1 aliphatic rings. The second-order valence-electron chi connectivity index (χ2n) is 7.72. The summed E-state index contributed by atoms with van der Waals surface area (Å²) >= 11 is 0. The molecule has 1 aliphatic heterocycles. The van der Waals surface area contributed by atoms with Gasteiger partial charge in [0.2, 0.25) is 5.91 Å². The van der Waals surface area contributed by atoms with Crippen molar-refractivity contribution in [2.24, 2.45) is 0 Å². The molecule has 0 aromatic heterocycles. The molecule has 0 N–H and O–H groups in total. The quantitative estimate of drug-likeness (QED) is 0.785. The van der Waals surface area contributed by atoms with E-state index in [1.807, 2.05) is 0 Å². The van der Waals surface area contributed by atoms with Crippen LogP contribution in [-0.4, -0.2) is 60.2 Å². The molecule has 0 bridgehead atoms. The molecule has 1 aromatic carbocycles. The number of ether oxygens (including phenoxy) is 2. The second-order valence-corrected chi connectivity index (χ2v) is 7.72. The predicted molar refractivity (Wildman–Crippen MR) is 100 cm³/mol. The van der Waals surface area contributed by atoms with Gasteiger partial charge in [-0.3, -0.25) is 9.69 Å². The fourth-order valence-corrected chi connectivity index (χ4v) is 2.95. The van der Waals surface area contributed by atoms with E-state index < -0.39 is 23.6 Å². The zero-order valence-electron chi connectivity index (χ0n) is 16.5. The summed E-state index contributed by atoms with van der Waals surface area (Å²) in [5.74, 6) is -0.432. The molecule has 2 rings (SSSR count). The number of para-hydroxylation sites is 1. The lowest BCUT2D eigenvalue weighted by Gasteiger charge is -2.37. The van der Waals surface area contributed by atoms with Crippen molar-refractivity contribution in [3.8, 4) is 5.75 Å². The summed E-state index contributed by atoms with van der Waals surface area (Å²) in [5.41, 5.74) is -0.609. The molecular formula is C20H29FN2O4. The number of hydrogen-bond acceptors (Lipinski definition) is 4. The minimum Gasteiger partial charge on any atom is -0.489 e. The molecule has 0 radical (unpaired) electrons. The molecule has 6 nitrogen and oxygen atoms in total. The highest BCUT2D eigenvalue weighted by Gasteiger charge is 2.36. The lowest BCUT2D eigenvalue weighted by atomic mass is 10.0. The van der Waals surface area contributed by atoms with Crippen molar-refractivity contribution in [1.29, 1.82) is 0 Å². The summed E-state index contributed by atoms with van der Waals surface area (Å²) < 4.78 is 24.4. The van der Waals surface area contributed by atoms with Gasteiger partial charge < -0.3 is 14.4 Å². The van der Waals surface area contributed by atoms with Gasteiger partial charge in [0.25, 0.3) is 0 Å². The van der Waals surface area contributed by atoms with Gasteiger partial charge in [0.15, 0.2) is 11.6 Å². The number of likely N-dealkylation sites (tertiary alicyclic amines) is 1. The lowest BCUT2D eigenvalue weighted by Crippen LogP contribution is -2.53. The highest BCUT2D eigenvalue weighted by molar-refractivity contribution is 5.85. The zero-order chi connectivity index (χ0) is 20.0. The minimum absolute atomic E-state index is 0.155. The predicted octanol–water partition coefficient (Wildman–Crippen LogP) is 3.45. The Bertz CT molecular complexity index is 660. The van der Waals surface area contributed by atoms with Gasteiger partial charge in [-0.15, -0.1) is 0 Å². The molecule has 0 spiro atoms. The third kappa shape index (κ3) is 6.12. The molecule has 1 heterocycles. The molecule has 0 unspecified atom stereocenters. The number of amides is 2. The van der Waals surface area contributed by atoms with Crippen LogP contribution in [0.5, 0.6) is 5.75 Å². The van der Waals surface area contributed by atoms with Crippen LogP contribution in [-0.2, 0) is 9.53 Å².